The highest BCUT2D eigenvalue weighted by Gasteiger charge is 2.37. The van der Waals surface area contributed by atoms with Crippen LogP contribution in [-0.4, -0.2) is 5.78 Å². The summed E-state index contributed by atoms with van der Waals surface area (Å²) < 4.78 is 0. The maximum Gasteiger partial charge on any atom is 0.156 e. The molecule has 0 aromatic carbocycles. The molecule has 0 spiro atoms. The number of hydrogen-bond donors (Lipinski definition) is 0. The van der Waals surface area contributed by atoms with Crippen molar-refractivity contribution >= 4 is 5.78 Å². The predicted molar refractivity (Wildman–Crippen MR) is 48.8 cm³/mol. The third-order valence-electron chi connectivity index (χ3n) is 3.34. The zero-order chi connectivity index (χ0) is 8.77. The lowest BCUT2D eigenvalue weighted by Crippen LogP contribution is -2.24. The van der Waals surface area contributed by atoms with E-state index in [1.54, 1.807) is 0 Å². The van der Waals surface area contributed by atoms with Gasteiger partial charge in [-0.15, -0.1) is 0 Å². The van der Waals surface area contributed by atoms with Crippen LogP contribution in [-0.2, 0) is 4.79 Å². The first kappa shape index (κ1) is 8.03. The van der Waals surface area contributed by atoms with E-state index in [1.807, 2.05) is 6.08 Å². The van der Waals surface area contributed by atoms with Gasteiger partial charge in [0.2, 0.25) is 0 Å². The molecule has 0 aliphatic heterocycles. The summed E-state index contributed by atoms with van der Waals surface area (Å²) in [4.78, 5) is 11.2. The van der Waals surface area contributed by atoms with Crippen LogP contribution in [0.15, 0.2) is 11.6 Å². The minimum absolute atomic E-state index is 0.301. The van der Waals surface area contributed by atoms with Crippen molar-refractivity contribution in [1.82, 2.24) is 0 Å². The summed E-state index contributed by atoms with van der Waals surface area (Å²) in [5, 5.41) is 0. The Hall–Kier alpha value is -0.590. The summed E-state index contributed by atoms with van der Waals surface area (Å²) in [6, 6.07) is 0. The standard InChI is InChI=1S/C11H16O/c1-11(2)5-3-4-8-6-9(12)7-10(8)11/h7-8H,3-6H2,1-2H3. The second kappa shape index (κ2) is 2.45. The molecule has 2 aliphatic rings. The Kier molecular flexibility index (Phi) is 1.64. The zero-order valence-electron chi connectivity index (χ0n) is 7.89. The van der Waals surface area contributed by atoms with Crippen molar-refractivity contribution in [2.75, 3.05) is 0 Å². The lowest BCUT2D eigenvalue weighted by molar-refractivity contribution is -0.114. The number of fused-ring (bicyclic) bond motifs is 1. The average molecular weight is 164 g/mol. The van der Waals surface area contributed by atoms with Gasteiger partial charge in [0.05, 0.1) is 0 Å². The Labute approximate surface area is 73.8 Å². The molecule has 0 bridgehead atoms. The van der Waals surface area contributed by atoms with E-state index >= 15 is 0 Å². The van der Waals surface area contributed by atoms with Crippen LogP contribution in [0.25, 0.3) is 0 Å². The molecule has 2 aliphatic carbocycles. The molecule has 2 rings (SSSR count). The average Bonchev–Trinajstić information content (AvgIpc) is 2.30. The van der Waals surface area contributed by atoms with Crippen LogP contribution >= 0.6 is 0 Å². The van der Waals surface area contributed by atoms with Gasteiger partial charge in [0, 0.05) is 6.42 Å². The van der Waals surface area contributed by atoms with Crippen molar-refractivity contribution in [2.45, 2.75) is 39.5 Å². The van der Waals surface area contributed by atoms with E-state index in [0.29, 0.717) is 17.1 Å². The van der Waals surface area contributed by atoms with Gasteiger partial charge < -0.3 is 0 Å². The molecule has 1 atom stereocenters. The Bertz CT molecular complexity index is 248. The highest BCUT2D eigenvalue weighted by molar-refractivity contribution is 5.93. The highest BCUT2D eigenvalue weighted by Crippen LogP contribution is 2.47. The third-order valence-corrected chi connectivity index (χ3v) is 3.34. The number of carbonyl (C=O) groups is 1. The molecule has 0 N–H and O–H groups in total. The molecule has 0 amide bonds. The quantitative estimate of drug-likeness (QED) is 0.538. The molecular weight excluding hydrogens is 148 g/mol. The molecular formula is C11H16O. The van der Waals surface area contributed by atoms with Gasteiger partial charge in [-0.25, -0.2) is 0 Å². The van der Waals surface area contributed by atoms with Gasteiger partial charge in [-0.2, -0.15) is 0 Å². The summed E-state index contributed by atoms with van der Waals surface area (Å²) in [5.41, 5.74) is 1.73. The maximum atomic E-state index is 11.2. The molecule has 0 aromatic rings. The Morgan fingerprint density at radius 1 is 1.50 bits per heavy atom. The monoisotopic (exact) mass is 164 g/mol. The predicted octanol–water partition coefficient (Wildman–Crippen LogP) is 2.71. The van der Waals surface area contributed by atoms with Crippen molar-refractivity contribution in [1.29, 1.82) is 0 Å². The van der Waals surface area contributed by atoms with Crippen LogP contribution in [0, 0.1) is 11.3 Å². The smallest absolute Gasteiger partial charge is 0.156 e. The van der Waals surface area contributed by atoms with E-state index < -0.39 is 0 Å². The van der Waals surface area contributed by atoms with Gasteiger partial charge in [-0.1, -0.05) is 25.8 Å². The fourth-order valence-corrected chi connectivity index (χ4v) is 2.64. The van der Waals surface area contributed by atoms with Crippen molar-refractivity contribution in [3.63, 3.8) is 0 Å². The molecule has 0 aromatic heterocycles. The van der Waals surface area contributed by atoms with E-state index in [0.717, 1.165) is 6.42 Å². The molecule has 0 radical (unpaired) electrons. The highest BCUT2D eigenvalue weighted by atomic mass is 16.1. The van der Waals surface area contributed by atoms with Gasteiger partial charge in [0.1, 0.15) is 0 Å². The molecule has 1 fully saturated rings. The number of carbonyl (C=O) groups excluding carboxylic acids is 1. The van der Waals surface area contributed by atoms with Crippen molar-refractivity contribution in [2.24, 2.45) is 11.3 Å². The van der Waals surface area contributed by atoms with Crippen LogP contribution in [0.3, 0.4) is 0 Å². The second-order valence-electron chi connectivity index (χ2n) is 4.74. The van der Waals surface area contributed by atoms with E-state index in [2.05, 4.69) is 13.8 Å². The van der Waals surface area contributed by atoms with E-state index in [4.69, 9.17) is 0 Å². The molecule has 1 heteroatoms. The maximum absolute atomic E-state index is 11.2. The van der Waals surface area contributed by atoms with Gasteiger partial charge >= 0.3 is 0 Å². The van der Waals surface area contributed by atoms with Gasteiger partial charge in [0.25, 0.3) is 0 Å². The first-order valence-electron chi connectivity index (χ1n) is 4.84. The summed E-state index contributed by atoms with van der Waals surface area (Å²) in [6.45, 7) is 4.53. The fourth-order valence-electron chi connectivity index (χ4n) is 2.64. The van der Waals surface area contributed by atoms with Crippen LogP contribution in [0.2, 0.25) is 0 Å². The molecule has 1 saturated carbocycles. The Morgan fingerprint density at radius 2 is 2.25 bits per heavy atom. The topological polar surface area (TPSA) is 17.1 Å². The zero-order valence-corrected chi connectivity index (χ0v) is 7.89. The first-order valence-corrected chi connectivity index (χ1v) is 4.84. The Morgan fingerprint density at radius 3 is 2.92 bits per heavy atom. The van der Waals surface area contributed by atoms with Crippen LogP contribution in [0.1, 0.15) is 39.5 Å². The third kappa shape index (κ3) is 1.12. The number of ketones is 1. The lowest BCUT2D eigenvalue weighted by atomic mass is 9.69. The van der Waals surface area contributed by atoms with Crippen molar-refractivity contribution < 1.29 is 4.79 Å². The minimum atomic E-state index is 0.301. The summed E-state index contributed by atoms with van der Waals surface area (Å²) in [5.74, 6) is 0.950. The molecule has 12 heavy (non-hydrogen) atoms. The van der Waals surface area contributed by atoms with E-state index in [9.17, 15) is 4.79 Å². The Balaban J connectivity index is 2.32. The van der Waals surface area contributed by atoms with E-state index in [-0.39, 0.29) is 0 Å². The molecule has 66 valence electrons. The van der Waals surface area contributed by atoms with E-state index in [1.165, 1.54) is 24.8 Å². The second-order valence-corrected chi connectivity index (χ2v) is 4.74. The summed E-state index contributed by atoms with van der Waals surface area (Å²) >= 11 is 0. The van der Waals surface area contributed by atoms with Crippen molar-refractivity contribution in [3.8, 4) is 0 Å². The van der Waals surface area contributed by atoms with Crippen molar-refractivity contribution in [3.05, 3.63) is 11.6 Å². The SMILES string of the molecule is CC1(C)CCCC2CC(=O)C=C21. The number of allylic oxidation sites excluding steroid dienone is 2. The largest absolute Gasteiger partial charge is 0.295 e. The molecule has 1 unspecified atom stereocenters. The number of hydrogen-bond acceptors (Lipinski definition) is 1. The molecule has 0 saturated heterocycles. The molecule has 0 heterocycles. The summed E-state index contributed by atoms with van der Waals surface area (Å²) in [7, 11) is 0. The normalized spacial score (nSPS) is 33.0. The lowest BCUT2D eigenvalue weighted by Gasteiger charge is -2.35. The summed E-state index contributed by atoms with van der Waals surface area (Å²) in [6.07, 6.45) is 6.48. The fraction of sp³-hybridized carbons (Fsp3) is 0.727. The van der Waals surface area contributed by atoms with Crippen LogP contribution < -0.4 is 0 Å². The van der Waals surface area contributed by atoms with Gasteiger partial charge in [-0.3, -0.25) is 4.79 Å². The minimum Gasteiger partial charge on any atom is -0.295 e. The first-order chi connectivity index (χ1) is 5.59. The van der Waals surface area contributed by atoms with Gasteiger partial charge in [0.15, 0.2) is 5.78 Å². The van der Waals surface area contributed by atoms with Crippen LogP contribution in [0.5, 0.6) is 0 Å². The molecule has 1 nitrogen and oxygen atoms in total. The van der Waals surface area contributed by atoms with Crippen LogP contribution in [0.4, 0.5) is 0 Å². The van der Waals surface area contributed by atoms with Gasteiger partial charge in [-0.05, 0) is 30.3 Å². The number of rotatable bonds is 0.